The number of hydrogen-bond donors (Lipinski definition) is 2. The van der Waals surface area contributed by atoms with Gasteiger partial charge < -0.3 is 19.6 Å². The van der Waals surface area contributed by atoms with Crippen LogP contribution in [0.25, 0.3) is 11.0 Å². The molecule has 20 heavy (non-hydrogen) atoms. The summed E-state index contributed by atoms with van der Waals surface area (Å²) in [6, 6.07) is 6.10. The lowest BCUT2D eigenvalue weighted by molar-refractivity contribution is -0.121. The number of nitrogens with one attached hydrogen (secondary N) is 2. The Morgan fingerprint density at radius 2 is 2.35 bits per heavy atom. The third kappa shape index (κ3) is 2.56. The molecule has 3 rings (SSSR count). The van der Waals surface area contributed by atoms with Crippen LogP contribution in [0.4, 0.5) is 0 Å². The Morgan fingerprint density at radius 1 is 1.55 bits per heavy atom. The summed E-state index contributed by atoms with van der Waals surface area (Å²) in [5.74, 6) is 0.767. The second kappa shape index (κ2) is 5.28. The molecule has 1 saturated carbocycles. The van der Waals surface area contributed by atoms with E-state index >= 15 is 0 Å². The molecule has 6 heteroatoms. The number of para-hydroxylation sites is 1. The maximum absolute atomic E-state index is 11.9. The standard InChI is InChI=1S/C14H17N3O2S/c1-2-19-11-5-3-4-10-13(11)16-14(20)17(10)8-12(18)15-9-6-7-9/h3-5,9H,2,6-8H2,1H3,(H,15,18)(H,16,20). The van der Waals surface area contributed by atoms with E-state index < -0.39 is 0 Å². The normalized spacial score (nSPS) is 14.4. The highest BCUT2D eigenvalue weighted by atomic mass is 32.1. The zero-order valence-electron chi connectivity index (χ0n) is 11.3. The van der Waals surface area contributed by atoms with Crippen LogP contribution in [0.2, 0.25) is 0 Å². The van der Waals surface area contributed by atoms with Crippen LogP contribution >= 0.6 is 12.2 Å². The van der Waals surface area contributed by atoms with Gasteiger partial charge in [-0.1, -0.05) is 6.07 Å². The van der Waals surface area contributed by atoms with Crippen molar-refractivity contribution >= 4 is 29.2 Å². The molecular weight excluding hydrogens is 274 g/mol. The van der Waals surface area contributed by atoms with Gasteiger partial charge in [0.2, 0.25) is 5.91 Å². The van der Waals surface area contributed by atoms with Crippen molar-refractivity contribution in [1.82, 2.24) is 14.9 Å². The number of carbonyl (C=O) groups is 1. The van der Waals surface area contributed by atoms with Crippen LogP contribution < -0.4 is 10.1 Å². The van der Waals surface area contributed by atoms with Crippen molar-refractivity contribution in [2.45, 2.75) is 32.4 Å². The molecule has 1 aromatic carbocycles. The average Bonchev–Trinajstić information content (AvgIpc) is 3.16. The molecule has 0 bridgehead atoms. The molecule has 0 radical (unpaired) electrons. The van der Waals surface area contributed by atoms with Crippen molar-refractivity contribution in [3.63, 3.8) is 0 Å². The van der Waals surface area contributed by atoms with E-state index in [-0.39, 0.29) is 12.5 Å². The van der Waals surface area contributed by atoms with Crippen LogP contribution in [0.5, 0.6) is 5.75 Å². The summed E-state index contributed by atoms with van der Waals surface area (Å²) in [6.07, 6.45) is 2.17. The van der Waals surface area contributed by atoms with Crippen LogP contribution in [0.15, 0.2) is 18.2 Å². The number of imidazole rings is 1. The number of ether oxygens (including phenoxy) is 1. The molecular formula is C14H17N3O2S. The molecule has 0 unspecified atom stereocenters. The Hall–Kier alpha value is -1.82. The summed E-state index contributed by atoms with van der Waals surface area (Å²) in [6.45, 7) is 2.77. The fourth-order valence-corrected chi connectivity index (χ4v) is 2.50. The Kier molecular flexibility index (Phi) is 3.48. The minimum Gasteiger partial charge on any atom is -0.492 e. The van der Waals surface area contributed by atoms with Crippen molar-refractivity contribution in [3.8, 4) is 5.75 Å². The lowest BCUT2D eigenvalue weighted by Gasteiger charge is -2.07. The lowest BCUT2D eigenvalue weighted by Crippen LogP contribution is -2.29. The van der Waals surface area contributed by atoms with Gasteiger partial charge in [0.25, 0.3) is 0 Å². The predicted octanol–water partition coefficient (Wildman–Crippen LogP) is 2.38. The van der Waals surface area contributed by atoms with Gasteiger partial charge >= 0.3 is 0 Å². The van der Waals surface area contributed by atoms with Gasteiger partial charge in [0, 0.05) is 6.04 Å². The topological polar surface area (TPSA) is 59.0 Å². The molecule has 0 aliphatic heterocycles. The Labute approximate surface area is 121 Å². The number of aromatic nitrogens is 2. The molecule has 0 spiro atoms. The third-order valence-corrected chi connectivity index (χ3v) is 3.64. The van der Waals surface area contributed by atoms with Crippen molar-refractivity contribution in [2.75, 3.05) is 6.61 Å². The van der Waals surface area contributed by atoms with Gasteiger partial charge in [-0.15, -0.1) is 0 Å². The zero-order valence-corrected chi connectivity index (χ0v) is 12.1. The molecule has 1 heterocycles. The molecule has 1 aromatic heterocycles. The van der Waals surface area contributed by atoms with E-state index in [1.165, 1.54) is 0 Å². The van der Waals surface area contributed by atoms with Crippen molar-refractivity contribution in [2.24, 2.45) is 0 Å². The summed E-state index contributed by atoms with van der Waals surface area (Å²) < 4.78 is 7.93. The first kappa shape index (κ1) is 13.2. The number of rotatable bonds is 5. The molecule has 2 N–H and O–H groups in total. The van der Waals surface area contributed by atoms with Gasteiger partial charge in [0.15, 0.2) is 4.77 Å². The minimum absolute atomic E-state index is 0.00585. The highest BCUT2D eigenvalue weighted by Crippen LogP contribution is 2.25. The number of H-pyrrole nitrogens is 1. The summed E-state index contributed by atoms with van der Waals surface area (Å²) in [5.41, 5.74) is 1.74. The van der Waals surface area contributed by atoms with Crippen LogP contribution in [-0.4, -0.2) is 28.1 Å². The summed E-state index contributed by atoms with van der Waals surface area (Å²) in [4.78, 5) is 15.1. The fraction of sp³-hybridized carbons (Fsp3) is 0.429. The molecule has 1 aliphatic carbocycles. The third-order valence-electron chi connectivity index (χ3n) is 3.32. The molecule has 1 aliphatic rings. The van der Waals surface area contributed by atoms with Gasteiger partial charge in [0.05, 0.1) is 12.1 Å². The van der Waals surface area contributed by atoms with E-state index in [0.717, 1.165) is 29.6 Å². The van der Waals surface area contributed by atoms with Crippen LogP contribution in [-0.2, 0) is 11.3 Å². The van der Waals surface area contributed by atoms with Crippen molar-refractivity contribution in [1.29, 1.82) is 0 Å². The molecule has 1 amide bonds. The highest BCUT2D eigenvalue weighted by molar-refractivity contribution is 7.71. The maximum atomic E-state index is 11.9. The van der Waals surface area contributed by atoms with Crippen molar-refractivity contribution < 1.29 is 9.53 Å². The van der Waals surface area contributed by atoms with Gasteiger partial charge in [0.1, 0.15) is 17.8 Å². The number of carbonyl (C=O) groups excluding carboxylic acids is 1. The minimum atomic E-state index is 0.00585. The van der Waals surface area contributed by atoms with Gasteiger partial charge in [-0.05, 0) is 44.1 Å². The SMILES string of the molecule is CCOc1cccc2c1[nH]c(=S)n2CC(=O)NC1CC1. The van der Waals surface area contributed by atoms with E-state index in [9.17, 15) is 4.79 Å². The van der Waals surface area contributed by atoms with E-state index in [2.05, 4.69) is 10.3 Å². The first-order chi connectivity index (χ1) is 9.69. The van der Waals surface area contributed by atoms with Crippen LogP contribution in [0.3, 0.4) is 0 Å². The Morgan fingerprint density at radius 3 is 3.05 bits per heavy atom. The van der Waals surface area contributed by atoms with E-state index in [1.54, 1.807) is 0 Å². The second-order valence-corrected chi connectivity index (χ2v) is 5.33. The fourth-order valence-electron chi connectivity index (χ4n) is 2.23. The summed E-state index contributed by atoms with van der Waals surface area (Å²) in [7, 11) is 0. The number of fused-ring (bicyclic) bond motifs is 1. The number of amides is 1. The quantitative estimate of drug-likeness (QED) is 0.832. The van der Waals surface area contributed by atoms with Crippen molar-refractivity contribution in [3.05, 3.63) is 23.0 Å². The predicted molar refractivity (Wildman–Crippen MR) is 79.5 cm³/mol. The number of benzene rings is 1. The summed E-state index contributed by atoms with van der Waals surface area (Å²) >= 11 is 5.32. The number of nitrogens with zero attached hydrogens (tertiary/aromatic N) is 1. The lowest BCUT2D eigenvalue weighted by atomic mass is 10.3. The molecule has 5 nitrogen and oxygen atoms in total. The van der Waals surface area contributed by atoms with Crippen LogP contribution in [0, 0.1) is 4.77 Å². The highest BCUT2D eigenvalue weighted by Gasteiger charge is 2.23. The van der Waals surface area contributed by atoms with Gasteiger partial charge in [-0.25, -0.2) is 0 Å². The van der Waals surface area contributed by atoms with Gasteiger partial charge in [-0.2, -0.15) is 0 Å². The first-order valence-electron chi connectivity index (χ1n) is 6.82. The number of aromatic amines is 1. The molecule has 0 saturated heterocycles. The van der Waals surface area contributed by atoms with Crippen LogP contribution in [0.1, 0.15) is 19.8 Å². The Bertz CT molecular complexity index is 700. The molecule has 0 atom stereocenters. The van der Waals surface area contributed by atoms with E-state index in [4.69, 9.17) is 17.0 Å². The van der Waals surface area contributed by atoms with E-state index in [0.29, 0.717) is 17.4 Å². The molecule has 1 fully saturated rings. The average molecular weight is 291 g/mol. The maximum Gasteiger partial charge on any atom is 0.240 e. The summed E-state index contributed by atoms with van der Waals surface area (Å²) in [5, 5.41) is 2.97. The monoisotopic (exact) mass is 291 g/mol. The van der Waals surface area contributed by atoms with E-state index in [1.807, 2.05) is 29.7 Å². The molecule has 2 aromatic rings. The molecule has 106 valence electrons. The second-order valence-electron chi connectivity index (χ2n) is 4.94. The smallest absolute Gasteiger partial charge is 0.240 e. The largest absolute Gasteiger partial charge is 0.492 e. The Balaban J connectivity index is 1.93. The number of hydrogen-bond acceptors (Lipinski definition) is 3. The first-order valence-corrected chi connectivity index (χ1v) is 7.23. The zero-order chi connectivity index (χ0) is 14.1. The van der Waals surface area contributed by atoms with Gasteiger partial charge in [-0.3, -0.25) is 4.79 Å².